The molecule has 0 aliphatic rings. The quantitative estimate of drug-likeness (QED) is 0.308. The zero-order valence-electron chi connectivity index (χ0n) is 17.1. The summed E-state index contributed by atoms with van der Waals surface area (Å²) in [4.78, 5) is 17.8. The van der Waals surface area contributed by atoms with E-state index in [-0.39, 0.29) is 5.56 Å². The van der Waals surface area contributed by atoms with Gasteiger partial charge in [0, 0.05) is 33.5 Å². The minimum atomic E-state index is -0.0584. The highest BCUT2D eigenvalue weighted by molar-refractivity contribution is 7.98. The van der Waals surface area contributed by atoms with Crippen molar-refractivity contribution in [1.29, 1.82) is 0 Å². The number of nitrogens with zero attached hydrogens (tertiary/aromatic N) is 5. The van der Waals surface area contributed by atoms with E-state index in [2.05, 4.69) is 31.9 Å². The number of benzene rings is 2. The molecule has 3 heterocycles. The van der Waals surface area contributed by atoms with Crippen LogP contribution in [0.5, 0.6) is 0 Å². The van der Waals surface area contributed by atoms with Crippen molar-refractivity contribution in [1.82, 2.24) is 24.1 Å². The van der Waals surface area contributed by atoms with E-state index in [4.69, 9.17) is 11.6 Å². The lowest BCUT2D eigenvalue weighted by Crippen LogP contribution is -2.14. The molecular weight excluding hydrogens is 462 g/mol. The van der Waals surface area contributed by atoms with Gasteiger partial charge in [0.25, 0.3) is 5.56 Å². The Morgan fingerprint density at radius 3 is 2.62 bits per heavy atom. The van der Waals surface area contributed by atoms with Crippen molar-refractivity contribution in [3.63, 3.8) is 0 Å². The lowest BCUT2D eigenvalue weighted by atomic mass is 10.2. The molecule has 0 fully saturated rings. The Labute approximate surface area is 197 Å². The number of thioether (sulfide) groups is 1. The van der Waals surface area contributed by atoms with E-state index in [0.717, 1.165) is 33.5 Å². The molecule has 0 amide bonds. The Morgan fingerprint density at radius 1 is 1.06 bits per heavy atom. The van der Waals surface area contributed by atoms with E-state index < -0.39 is 0 Å². The van der Waals surface area contributed by atoms with Gasteiger partial charge >= 0.3 is 0 Å². The maximum absolute atomic E-state index is 12.5. The van der Waals surface area contributed by atoms with E-state index in [1.54, 1.807) is 10.5 Å². The first-order chi connectivity index (χ1) is 15.6. The summed E-state index contributed by atoms with van der Waals surface area (Å²) in [7, 11) is 0. The molecule has 0 atom stereocenters. The van der Waals surface area contributed by atoms with Gasteiger partial charge in [-0.2, -0.15) is 0 Å². The summed E-state index contributed by atoms with van der Waals surface area (Å²) in [5.41, 5.74) is 3.66. The molecule has 0 bridgehead atoms. The first kappa shape index (κ1) is 20.9. The Kier molecular flexibility index (Phi) is 5.82. The minimum Gasteiger partial charge on any atom is -0.298 e. The predicted octanol–water partition coefficient (Wildman–Crippen LogP) is 5.32. The van der Waals surface area contributed by atoms with Crippen LogP contribution in [-0.4, -0.2) is 24.1 Å². The molecule has 0 saturated carbocycles. The van der Waals surface area contributed by atoms with Gasteiger partial charge in [0.15, 0.2) is 15.9 Å². The van der Waals surface area contributed by atoms with Crippen molar-refractivity contribution in [2.45, 2.75) is 24.4 Å². The Hall–Kier alpha value is -2.94. The number of thiazole rings is 1. The molecule has 0 radical (unpaired) electrons. The summed E-state index contributed by atoms with van der Waals surface area (Å²) < 4.78 is 3.72. The summed E-state index contributed by atoms with van der Waals surface area (Å²) >= 11 is 9.06. The average molecular weight is 480 g/mol. The van der Waals surface area contributed by atoms with E-state index in [1.807, 2.05) is 54.8 Å². The zero-order valence-corrected chi connectivity index (χ0v) is 19.5. The van der Waals surface area contributed by atoms with Crippen LogP contribution >= 0.6 is 34.7 Å². The van der Waals surface area contributed by atoms with Crippen LogP contribution in [0.4, 0.5) is 0 Å². The normalized spacial score (nSPS) is 11.3. The smallest absolute Gasteiger partial charge is 0.258 e. The third kappa shape index (κ3) is 4.21. The zero-order chi connectivity index (χ0) is 22.1. The Balaban J connectivity index is 1.48. The SMILES string of the molecule is Cc1csc2nc(CSc3nnc(-c4ccc(Cl)cc4)n3Cc3ccccc3)cc(=O)n12. The van der Waals surface area contributed by atoms with Crippen LogP contribution < -0.4 is 5.56 Å². The average Bonchev–Trinajstić information content (AvgIpc) is 3.37. The van der Waals surface area contributed by atoms with E-state index >= 15 is 0 Å². The molecular formula is C23H18ClN5OS2. The van der Waals surface area contributed by atoms with E-state index in [1.165, 1.54) is 23.1 Å². The first-order valence-corrected chi connectivity index (χ1v) is 12.2. The summed E-state index contributed by atoms with van der Waals surface area (Å²) in [6.07, 6.45) is 0. The number of halogens is 1. The predicted molar refractivity (Wildman–Crippen MR) is 130 cm³/mol. The van der Waals surface area contributed by atoms with Crippen LogP contribution in [0.1, 0.15) is 17.0 Å². The maximum atomic E-state index is 12.5. The molecule has 2 aromatic carbocycles. The topological polar surface area (TPSA) is 65.1 Å². The molecule has 3 aromatic heterocycles. The second kappa shape index (κ2) is 8.90. The molecule has 6 nitrogen and oxygen atoms in total. The number of fused-ring (bicyclic) bond motifs is 1. The fourth-order valence-corrected chi connectivity index (χ4v) is 5.28. The van der Waals surface area contributed by atoms with Gasteiger partial charge in [0.05, 0.1) is 12.2 Å². The van der Waals surface area contributed by atoms with E-state index in [9.17, 15) is 4.79 Å². The lowest BCUT2D eigenvalue weighted by molar-refractivity contribution is 0.714. The number of aromatic nitrogens is 5. The van der Waals surface area contributed by atoms with Crippen molar-refractivity contribution in [3.8, 4) is 11.4 Å². The third-order valence-corrected chi connectivity index (χ3v) is 7.18. The third-order valence-electron chi connectivity index (χ3n) is 4.98. The molecule has 5 aromatic rings. The largest absolute Gasteiger partial charge is 0.298 e. The van der Waals surface area contributed by atoms with Crippen LogP contribution in [0.25, 0.3) is 16.3 Å². The maximum Gasteiger partial charge on any atom is 0.258 e. The summed E-state index contributed by atoms with van der Waals surface area (Å²) in [6.45, 7) is 2.54. The van der Waals surface area contributed by atoms with Crippen LogP contribution in [0.15, 0.2) is 76.0 Å². The molecule has 0 N–H and O–H groups in total. The minimum absolute atomic E-state index is 0.0584. The van der Waals surface area contributed by atoms with Crippen LogP contribution in [0, 0.1) is 6.92 Å². The second-order valence-corrected chi connectivity index (χ2v) is 9.47. The first-order valence-electron chi connectivity index (χ1n) is 9.91. The molecule has 9 heteroatoms. The van der Waals surface area contributed by atoms with Crippen molar-refractivity contribution < 1.29 is 0 Å². The molecule has 0 aliphatic carbocycles. The molecule has 0 aliphatic heterocycles. The molecule has 0 spiro atoms. The molecule has 160 valence electrons. The van der Waals surface area contributed by atoms with Gasteiger partial charge < -0.3 is 0 Å². The van der Waals surface area contributed by atoms with Crippen molar-refractivity contribution in [3.05, 3.63) is 98.4 Å². The number of aryl methyl sites for hydroxylation is 1. The fourth-order valence-electron chi connectivity index (χ4n) is 3.43. The van der Waals surface area contributed by atoms with Crippen molar-refractivity contribution >= 4 is 39.7 Å². The highest BCUT2D eigenvalue weighted by atomic mass is 35.5. The van der Waals surface area contributed by atoms with Gasteiger partial charge in [-0.3, -0.25) is 13.8 Å². The van der Waals surface area contributed by atoms with E-state index in [0.29, 0.717) is 22.3 Å². The van der Waals surface area contributed by atoms with Gasteiger partial charge in [-0.15, -0.1) is 21.5 Å². The highest BCUT2D eigenvalue weighted by Crippen LogP contribution is 2.28. The number of hydrogen-bond acceptors (Lipinski definition) is 6. The number of rotatable bonds is 6. The van der Waals surface area contributed by atoms with Crippen LogP contribution in [0.3, 0.4) is 0 Å². The molecule has 5 rings (SSSR count). The van der Waals surface area contributed by atoms with Gasteiger partial charge in [-0.25, -0.2) is 4.98 Å². The lowest BCUT2D eigenvalue weighted by Gasteiger charge is -2.10. The van der Waals surface area contributed by atoms with Gasteiger partial charge in [0.2, 0.25) is 0 Å². The van der Waals surface area contributed by atoms with Crippen LogP contribution in [0.2, 0.25) is 5.02 Å². The van der Waals surface area contributed by atoms with Gasteiger partial charge in [0.1, 0.15) is 0 Å². The van der Waals surface area contributed by atoms with Gasteiger partial charge in [-0.1, -0.05) is 53.7 Å². The summed E-state index contributed by atoms with van der Waals surface area (Å²) in [6, 6.07) is 19.4. The summed E-state index contributed by atoms with van der Waals surface area (Å²) in [5, 5.41) is 12.3. The van der Waals surface area contributed by atoms with Crippen LogP contribution in [-0.2, 0) is 12.3 Å². The summed E-state index contributed by atoms with van der Waals surface area (Å²) in [5.74, 6) is 1.29. The molecule has 32 heavy (non-hydrogen) atoms. The fraction of sp³-hybridized carbons (Fsp3) is 0.130. The monoisotopic (exact) mass is 479 g/mol. The second-order valence-electron chi connectivity index (χ2n) is 7.25. The Bertz CT molecular complexity index is 1440. The standard InChI is InChI=1S/C23H18ClN5OS2/c1-15-13-31-22-25-19(11-20(30)29(15)22)14-32-23-27-26-21(17-7-9-18(24)10-8-17)28(23)12-16-5-3-2-4-6-16/h2-11,13H,12,14H2,1H3. The number of hydrogen-bond donors (Lipinski definition) is 0. The molecule has 0 unspecified atom stereocenters. The van der Waals surface area contributed by atoms with Gasteiger partial charge in [-0.05, 0) is 36.8 Å². The Morgan fingerprint density at radius 2 is 1.84 bits per heavy atom. The van der Waals surface area contributed by atoms with Crippen molar-refractivity contribution in [2.75, 3.05) is 0 Å². The molecule has 0 saturated heterocycles. The van der Waals surface area contributed by atoms with Crippen molar-refractivity contribution in [2.24, 2.45) is 0 Å². The highest BCUT2D eigenvalue weighted by Gasteiger charge is 2.16.